The van der Waals surface area contributed by atoms with Gasteiger partial charge in [0.05, 0.1) is 17.0 Å². The van der Waals surface area contributed by atoms with E-state index in [1.165, 1.54) is 23.5 Å². The molecule has 0 unspecified atom stereocenters. The lowest BCUT2D eigenvalue weighted by atomic mass is 10.2. The zero-order valence-electron chi connectivity index (χ0n) is 16.2. The minimum Gasteiger partial charge on any atom is -0.489 e. The van der Waals surface area contributed by atoms with Crippen LogP contribution in [0.1, 0.15) is 17.0 Å². The molecule has 0 atom stereocenters. The van der Waals surface area contributed by atoms with Crippen LogP contribution in [0.15, 0.2) is 70.5 Å². The molecule has 4 aromatic rings. The number of hydrogen-bond donors (Lipinski definition) is 1. The molecule has 2 aromatic carbocycles. The van der Waals surface area contributed by atoms with Crippen LogP contribution in [-0.2, 0) is 17.8 Å². The lowest BCUT2D eigenvalue weighted by Crippen LogP contribution is -2.15. The molecule has 152 valence electrons. The van der Waals surface area contributed by atoms with Crippen molar-refractivity contribution < 1.29 is 18.3 Å². The average Bonchev–Trinajstić information content (AvgIpc) is 3.37. The number of carbonyl (C=O) groups is 1. The SMILES string of the molecule is Cc1oc(-c2cccs2)nc1CC(=O)Nc1cccc(OCc2cccc(F)c2)c1. The standard InChI is InChI=1S/C23H19FN2O3S/c1-15-20(26-23(29-15)21-9-4-10-30-21)13-22(27)25-18-7-3-8-19(12-18)28-14-16-5-2-6-17(24)11-16/h2-12H,13-14H2,1H3,(H,25,27). The first-order chi connectivity index (χ1) is 14.6. The van der Waals surface area contributed by atoms with Gasteiger partial charge in [-0.3, -0.25) is 4.79 Å². The van der Waals surface area contributed by atoms with Crippen LogP contribution in [0.3, 0.4) is 0 Å². The van der Waals surface area contributed by atoms with E-state index < -0.39 is 0 Å². The van der Waals surface area contributed by atoms with Gasteiger partial charge in [0.1, 0.15) is 23.9 Å². The zero-order valence-corrected chi connectivity index (χ0v) is 17.0. The predicted octanol–water partition coefficient (Wildman–Crippen LogP) is 5.61. The van der Waals surface area contributed by atoms with Crippen LogP contribution in [0.2, 0.25) is 0 Å². The summed E-state index contributed by atoms with van der Waals surface area (Å²) in [6, 6.07) is 17.2. The van der Waals surface area contributed by atoms with Crippen LogP contribution in [0.5, 0.6) is 5.75 Å². The van der Waals surface area contributed by atoms with Crippen molar-refractivity contribution in [1.82, 2.24) is 4.98 Å². The fraction of sp³-hybridized carbons (Fsp3) is 0.130. The predicted molar refractivity (Wildman–Crippen MR) is 114 cm³/mol. The lowest BCUT2D eigenvalue weighted by Gasteiger charge is -2.09. The zero-order chi connectivity index (χ0) is 20.9. The second-order valence-corrected chi connectivity index (χ2v) is 7.62. The summed E-state index contributed by atoms with van der Waals surface area (Å²) in [6.07, 6.45) is 0.106. The van der Waals surface area contributed by atoms with Crippen LogP contribution in [0.25, 0.3) is 10.8 Å². The third kappa shape index (κ3) is 4.93. The Kier molecular flexibility index (Phi) is 5.90. The smallest absolute Gasteiger partial charge is 0.236 e. The number of ether oxygens (including phenoxy) is 1. The van der Waals surface area contributed by atoms with Crippen LogP contribution < -0.4 is 10.1 Å². The highest BCUT2D eigenvalue weighted by Crippen LogP contribution is 2.26. The number of oxazole rings is 1. The molecule has 0 fully saturated rings. The molecule has 1 N–H and O–H groups in total. The van der Waals surface area contributed by atoms with Crippen LogP contribution in [0.4, 0.5) is 10.1 Å². The number of halogens is 1. The van der Waals surface area contributed by atoms with E-state index in [0.717, 1.165) is 10.4 Å². The summed E-state index contributed by atoms with van der Waals surface area (Å²) >= 11 is 1.53. The summed E-state index contributed by atoms with van der Waals surface area (Å²) in [5, 5.41) is 4.80. The Morgan fingerprint density at radius 2 is 2.03 bits per heavy atom. The summed E-state index contributed by atoms with van der Waals surface area (Å²) in [7, 11) is 0. The second kappa shape index (κ2) is 8.92. The third-order valence-electron chi connectivity index (χ3n) is 4.36. The molecule has 2 aromatic heterocycles. The van der Waals surface area contributed by atoms with E-state index >= 15 is 0 Å². The second-order valence-electron chi connectivity index (χ2n) is 6.67. The van der Waals surface area contributed by atoms with Crippen molar-refractivity contribution in [3.63, 3.8) is 0 Å². The molecule has 0 aliphatic heterocycles. The summed E-state index contributed by atoms with van der Waals surface area (Å²) in [6.45, 7) is 2.03. The average molecular weight is 422 g/mol. The van der Waals surface area contributed by atoms with Gasteiger partial charge in [-0.25, -0.2) is 9.37 Å². The molecule has 0 saturated heterocycles. The summed E-state index contributed by atoms with van der Waals surface area (Å²) in [4.78, 5) is 17.9. The van der Waals surface area contributed by atoms with Crippen LogP contribution >= 0.6 is 11.3 Å². The normalized spacial score (nSPS) is 10.7. The number of thiophene rings is 1. The molecular weight excluding hydrogens is 403 g/mol. The Morgan fingerprint density at radius 3 is 2.83 bits per heavy atom. The van der Waals surface area contributed by atoms with Gasteiger partial charge < -0.3 is 14.5 Å². The van der Waals surface area contributed by atoms with Crippen molar-refractivity contribution in [2.45, 2.75) is 20.0 Å². The number of hydrogen-bond acceptors (Lipinski definition) is 5. The van der Waals surface area contributed by atoms with E-state index in [-0.39, 0.29) is 24.8 Å². The molecule has 30 heavy (non-hydrogen) atoms. The van der Waals surface area contributed by atoms with E-state index in [2.05, 4.69) is 10.3 Å². The molecular formula is C23H19FN2O3S. The van der Waals surface area contributed by atoms with E-state index in [0.29, 0.717) is 28.8 Å². The number of aromatic nitrogens is 1. The van der Waals surface area contributed by atoms with Gasteiger partial charge in [-0.15, -0.1) is 11.3 Å². The summed E-state index contributed by atoms with van der Waals surface area (Å²) in [5.41, 5.74) is 1.94. The Morgan fingerprint density at radius 1 is 1.17 bits per heavy atom. The van der Waals surface area contributed by atoms with Crippen LogP contribution in [-0.4, -0.2) is 10.9 Å². The van der Waals surface area contributed by atoms with Crippen molar-refractivity contribution in [3.8, 4) is 16.5 Å². The number of nitrogens with zero attached hydrogens (tertiary/aromatic N) is 1. The van der Waals surface area contributed by atoms with Crippen molar-refractivity contribution >= 4 is 22.9 Å². The molecule has 0 aliphatic carbocycles. The maximum absolute atomic E-state index is 13.3. The maximum Gasteiger partial charge on any atom is 0.236 e. The molecule has 0 aliphatic rings. The Balaban J connectivity index is 1.37. The first kappa shape index (κ1) is 19.8. The Hall–Kier alpha value is -3.45. The number of rotatable bonds is 7. The highest BCUT2D eigenvalue weighted by molar-refractivity contribution is 7.13. The van der Waals surface area contributed by atoms with Gasteiger partial charge in [0.25, 0.3) is 0 Å². The van der Waals surface area contributed by atoms with Gasteiger partial charge in [0.2, 0.25) is 11.8 Å². The highest BCUT2D eigenvalue weighted by atomic mass is 32.1. The topological polar surface area (TPSA) is 64.4 Å². The van der Waals surface area contributed by atoms with Crippen LogP contribution in [0, 0.1) is 12.7 Å². The van der Waals surface area contributed by atoms with Gasteiger partial charge in [0.15, 0.2) is 0 Å². The number of carbonyl (C=O) groups excluding carboxylic acids is 1. The van der Waals surface area contributed by atoms with Crippen molar-refractivity contribution in [1.29, 1.82) is 0 Å². The van der Waals surface area contributed by atoms with Crippen molar-refractivity contribution in [2.24, 2.45) is 0 Å². The van der Waals surface area contributed by atoms with E-state index in [4.69, 9.17) is 9.15 Å². The summed E-state index contributed by atoms with van der Waals surface area (Å²) in [5.74, 6) is 1.22. The van der Waals surface area contributed by atoms with E-state index in [1.807, 2.05) is 17.5 Å². The third-order valence-corrected chi connectivity index (χ3v) is 5.22. The minimum atomic E-state index is -0.303. The fourth-order valence-corrected chi connectivity index (χ4v) is 3.56. The number of amides is 1. The number of anilines is 1. The largest absolute Gasteiger partial charge is 0.489 e. The molecule has 7 heteroatoms. The quantitative estimate of drug-likeness (QED) is 0.420. The first-order valence-corrected chi connectivity index (χ1v) is 10.2. The molecule has 1 amide bonds. The monoisotopic (exact) mass is 422 g/mol. The van der Waals surface area contributed by atoms with Gasteiger partial charge in [-0.1, -0.05) is 24.3 Å². The van der Waals surface area contributed by atoms with Crippen molar-refractivity contribution in [2.75, 3.05) is 5.32 Å². The lowest BCUT2D eigenvalue weighted by molar-refractivity contribution is -0.115. The molecule has 2 heterocycles. The number of aryl methyl sites for hydroxylation is 1. The molecule has 0 radical (unpaired) electrons. The van der Waals surface area contributed by atoms with E-state index in [9.17, 15) is 9.18 Å². The fourth-order valence-electron chi connectivity index (χ4n) is 2.91. The van der Waals surface area contributed by atoms with Gasteiger partial charge in [-0.05, 0) is 48.2 Å². The van der Waals surface area contributed by atoms with Gasteiger partial charge in [0, 0.05) is 11.8 Å². The Bertz CT molecular complexity index is 1150. The first-order valence-electron chi connectivity index (χ1n) is 9.34. The highest BCUT2D eigenvalue weighted by Gasteiger charge is 2.15. The number of nitrogens with one attached hydrogen (secondary N) is 1. The molecule has 0 spiro atoms. The van der Waals surface area contributed by atoms with Gasteiger partial charge >= 0.3 is 0 Å². The summed E-state index contributed by atoms with van der Waals surface area (Å²) < 4.78 is 24.7. The molecule has 5 nitrogen and oxygen atoms in total. The molecule has 0 bridgehead atoms. The van der Waals surface area contributed by atoms with E-state index in [1.54, 1.807) is 43.3 Å². The molecule has 4 rings (SSSR count). The van der Waals surface area contributed by atoms with Gasteiger partial charge in [-0.2, -0.15) is 0 Å². The number of benzene rings is 2. The minimum absolute atomic E-state index is 0.106. The maximum atomic E-state index is 13.3. The van der Waals surface area contributed by atoms with Crippen molar-refractivity contribution in [3.05, 3.63) is 88.9 Å². The molecule has 0 saturated carbocycles. The Labute approximate surface area is 177 Å².